The molecular weight excluding hydrogens is 312 g/mol. The van der Waals surface area contributed by atoms with Crippen molar-refractivity contribution in [3.8, 4) is 0 Å². The predicted molar refractivity (Wildman–Crippen MR) is 91.6 cm³/mol. The summed E-state index contributed by atoms with van der Waals surface area (Å²) < 4.78 is 10.8. The average Bonchev–Trinajstić information content (AvgIpc) is 2.59. The molecule has 0 bridgehead atoms. The highest BCUT2D eigenvalue weighted by molar-refractivity contribution is 4.88. The van der Waals surface area contributed by atoms with E-state index in [1.807, 2.05) is 0 Å². The van der Waals surface area contributed by atoms with Gasteiger partial charge in [-0.3, -0.25) is 0 Å². The van der Waals surface area contributed by atoms with Gasteiger partial charge in [0.05, 0.1) is 6.61 Å². The van der Waals surface area contributed by atoms with Crippen LogP contribution in [0.2, 0.25) is 0 Å². The first-order valence-electron chi connectivity index (χ1n) is 9.54. The van der Waals surface area contributed by atoms with E-state index in [4.69, 9.17) is 14.6 Å². The Bertz CT molecular complexity index is 299. The van der Waals surface area contributed by atoms with Crippen LogP contribution in [-0.4, -0.2) is 64.3 Å². The molecule has 0 aromatic heterocycles. The number of aliphatic hydroxyl groups excluding tert-OH is 4. The highest BCUT2D eigenvalue weighted by Crippen LogP contribution is 2.22. The van der Waals surface area contributed by atoms with Gasteiger partial charge in [0.2, 0.25) is 0 Å². The van der Waals surface area contributed by atoms with Crippen molar-refractivity contribution in [1.29, 1.82) is 0 Å². The molecule has 5 atom stereocenters. The Labute approximate surface area is 145 Å². The smallest absolute Gasteiger partial charge is 0.186 e. The molecule has 0 radical (unpaired) electrons. The van der Waals surface area contributed by atoms with Gasteiger partial charge in [0, 0.05) is 6.61 Å². The zero-order chi connectivity index (χ0) is 17.8. The van der Waals surface area contributed by atoms with E-state index in [9.17, 15) is 15.3 Å². The van der Waals surface area contributed by atoms with Crippen LogP contribution in [0.15, 0.2) is 0 Å². The van der Waals surface area contributed by atoms with Crippen LogP contribution >= 0.6 is 0 Å². The van der Waals surface area contributed by atoms with Crippen molar-refractivity contribution in [1.82, 2.24) is 0 Å². The molecule has 0 aromatic rings. The van der Waals surface area contributed by atoms with Crippen LogP contribution in [0.4, 0.5) is 0 Å². The molecule has 0 unspecified atom stereocenters. The lowest BCUT2D eigenvalue weighted by atomic mass is 9.99. The van der Waals surface area contributed by atoms with E-state index in [1.54, 1.807) is 0 Å². The van der Waals surface area contributed by atoms with Crippen LogP contribution in [0.3, 0.4) is 0 Å². The maximum absolute atomic E-state index is 9.84. The van der Waals surface area contributed by atoms with Crippen molar-refractivity contribution in [3.05, 3.63) is 0 Å². The highest BCUT2D eigenvalue weighted by atomic mass is 16.7. The van der Waals surface area contributed by atoms with Crippen LogP contribution in [-0.2, 0) is 9.47 Å². The maximum Gasteiger partial charge on any atom is 0.186 e. The third-order valence-corrected chi connectivity index (χ3v) is 4.63. The number of rotatable bonds is 13. The molecule has 1 heterocycles. The zero-order valence-corrected chi connectivity index (χ0v) is 15.0. The number of hydrogen-bond acceptors (Lipinski definition) is 6. The van der Waals surface area contributed by atoms with Crippen LogP contribution < -0.4 is 0 Å². The van der Waals surface area contributed by atoms with Crippen LogP contribution in [0, 0.1) is 0 Å². The molecule has 144 valence electrons. The molecule has 0 saturated carbocycles. The van der Waals surface area contributed by atoms with Crippen molar-refractivity contribution < 1.29 is 29.9 Å². The molecule has 6 heteroatoms. The summed E-state index contributed by atoms with van der Waals surface area (Å²) >= 11 is 0. The number of aliphatic hydroxyl groups is 4. The van der Waals surface area contributed by atoms with E-state index in [2.05, 4.69) is 6.92 Å². The molecule has 1 aliphatic heterocycles. The van der Waals surface area contributed by atoms with Crippen molar-refractivity contribution in [2.24, 2.45) is 0 Å². The van der Waals surface area contributed by atoms with Gasteiger partial charge in [0.25, 0.3) is 0 Å². The van der Waals surface area contributed by atoms with E-state index < -0.39 is 37.3 Å². The van der Waals surface area contributed by atoms with Gasteiger partial charge in [-0.1, -0.05) is 64.7 Å². The van der Waals surface area contributed by atoms with Crippen molar-refractivity contribution in [2.75, 3.05) is 13.2 Å². The van der Waals surface area contributed by atoms with Gasteiger partial charge in [0.15, 0.2) is 6.29 Å². The minimum Gasteiger partial charge on any atom is -0.394 e. The van der Waals surface area contributed by atoms with E-state index in [0.29, 0.717) is 6.61 Å². The normalized spacial score (nSPS) is 30.6. The van der Waals surface area contributed by atoms with Crippen molar-refractivity contribution in [3.63, 3.8) is 0 Å². The summed E-state index contributed by atoms with van der Waals surface area (Å²) in [5.74, 6) is 0. The topological polar surface area (TPSA) is 99.4 Å². The predicted octanol–water partition coefficient (Wildman–Crippen LogP) is 1.72. The van der Waals surface area contributed by atoms with Gasteiger partial charge < -0.3 is 29.9 Å². The number of hydrogen-bond donors (Lipinski definition) is 4. The molecule has 4 N–H and O–H groups in total. The first kappa shape index (κ1) is 21.8. The molecule has 1 rings (SSSR count). The zero-order valence-electron chi connectivity index (χ0n) is 15.0. The highest BCUT2D eigenvalue weighted by Gasteiger charge is 2.43. The number of ether oxygens (including phenoxy) is 2. The molecule has 1 fully saturated rings. The van der Waals surface area contributed by atoms with Gasteiger partial charge in [0.1, 0.15) is 24.4 Å². The molecule has 24 heavy (non-hydrogen) atoms. The third kappa shape index (κ3) is 7.76. The largest absolute Gasteiger partial charge is 0.394 e. The standard InChI is InChI=1S/C18H36O6/c1-2-3-4-5-6-7-8-9-10-11-12-23-18-17(22)16(21)15(20)14(13-19)24-18/h14-22H,2-13H2,1H3/t14-,15-,16-,17-,18+/m1/s1. The second kappa shape index (κ2) is 13.0. The lowest BCUT2D eigenvalue weighted by Gasteiger charge is -2.39. The molecular formula is C18H36O6. The second-order valence-electron chi connectivity index (χ2n) is 6.75. The fourth-order valence-electron chi connectivity index (χ4n) is 2.99. The van der Waals surface area contributed by atoms with Crippen molar-refractivity contribution in [2.45, 2.75) is 102 Å². The fourth-order valence-corrected chi connectivity index (χ4v) is 2.99. The Morgan fingerprint density at radius 3 is 1.83 bits per heavy atom. The molecule has 0 amide bonds. The quantitative estimate of drug-likeness (QED) is 0.378. The van der Waals surface area contributed by atoms with Crippen LogP contribution in [0.1, 0.15) is 71.1 Å². The van der Waals surface area contributed by atoms with Gasteiger partial charge in [-0.2, -0.15) is 0 Å². The molecule has 6 nitrogen and oxygen atoms in total. The molecule has 1 saturated heterocycles. The first-order valence-corrected chi connectivity index (χ1v) is 9.54. The Morgan fingerprint density at radius 2 is 1.29 bits per heavy atom. The Kier molecular flexibility index (Phi) is 11.8. The second-order valence-corrected chi connectivity index (χ2v) is 6.75. The van der Waals surface area contributed by atoms with E-state index in [1.165, 1.54) is 51.4 Å². The number of unbranched alkanes of at least 4 members (excludes halogenated alkanes) is 9. The van der Waals surface area contributed by atoms with Crippen LogP contribution in [0.25, 0.3) is 0 Å². The fraction of sp³-hybridized carbons (Fsp3) is 1.00. The molecule has 0 aromatic carbocycles. The van der Waals surface area contributed by atoms with Gasteiger partial charge in [-0.05, 0) is 6.42 Å². The third-order valence-electron chi connectivity index (χ3n) is 4.63. The first-order chi connectivity index (χ1) is 11.6. The van der Waals surface area contributed by atoms with E-state index >= 15 is 0 Å². The van der Waals surface area contributed by atoms with Gasteiger partial charge in [-0.25, -0.2) is 0 Å². The summed E-state index contributed by atoms with van der Waals surface area (Å²) in [6.45, 7) is 2.23. The summed E-state index contributed by atoms with van der Waals surface area (Å²) in [5, 5.41) is 38.3. The summed E-state index contributed by atoms with van der Waals surface area (Å²) in [5.41, 5.74) is 0. The van der Waals surface area contributed by atoms with Crippen LogP contribution in [0.5, 0.6) is 0 Å². The van der Waals surface area contributed by atoms with E-state index in [0.717, 1.165) is 12.8 Å². The SMILES string of the molecule is CCCCCCCCCCCCO[C@H]1O[C@H](CO)[C@@H](O)[C@@H](O)[C@H]1O. The Morgan fingerprint density at radius 1 is 0.750 bits per heavy atom. The van der Waals surface area contributed by atoms with Crippen molar-refractivity contribution >= 4 is 0 Å². The van der Waals surface area contributed by atoms with Gasteiger partial charge in [-0.15, -0.1) is 0 Å². The summed E-state index contributed by atoms with van der Waals surface area (Å²) in [4.78, 5) is 0. The Hall–Kier alpha value is -0.240. The van der Waals surface area contributed by atoms with E-state index in [-0.39, 0.29) is 0 Å². The minimum atomic E-state index is -1.37. The summed E-state index contributed by atoms with van der Waals surface area (Å²) in [7, 11) is 0. The summed E-state index contributed by atoms with van der Waals surface area (Å²) in [6, 6.07) is 0. The molecule has 0 aliphatic carbocycles. The molecule has 1 aliphatic rings. The lowest BCUT2D eigenvalue weighted by Crippen LogP contribution is -2.59. The maximum atomic E-state index is 9.84. The average molecular weight is 348 g/mol. The lowest BCUT2D eigenvalue weighted by molar-refractivity contribution is -0.301. The van der Waals surface area contributed by atoms with Gasteiger partial charge >= 0.3 is 0 Å². The molecule has 0 spiro atoms. The monoisotopic (exact) mass is 348 g/mol. The summed E-state index contributed by atoms with van der Waals surface area (Å²) in [6.07, 6.45) is 6.37. The minimum absolute atomic E-state index is 0.428. The Balaban J connectivity index is 2.02.